The summed E-state index contributed by atoms with van der Waals surface area (Å²) in [5.41, 5.74) is 4.38. The Kier molecular flexibility index (Phi) is 8.82. The van der Waals surface area contributed by atoms with Gasteiger partial charge in [0.25, 0.3) is 15.9 Å². The number of halogens is 1. The molecule has 2 aliphatic rings. The average Bonchev–Trinajstić information content (AvgIpc) is 3.70. The summed E-state index contributed by atoms with van der Waals surface area (Å²) in [5.74, 6) is -0.612. The van der Waals surface area contributed by atoms with Crippen LogP contribution in [0, 0.1) is 5.82 Å². The van der Waals surface area contributed by atoms with Gasteiger partial charge in [-0.05, 0) is 79.9 Å². The zero-order valence-corrected chi connectivity index (χ0v) is 25.9. The smallest absolute Gasteiger partial charge is 0.264 e. The normalized spacial score (nSPS) is 17.8. The number of likely N-dealkylation sites (tertiary alicyclic amines) is 2. The predicted molar refractivity (Wildman–Crippen MR) is 168 cm³/mol. The molecule has 234 valence electrons. The molecule has 2 amide bonds. The molecule has 1 unspecified atom stereocenters. The standard InChI is InChI=1S/C34H36FN5O4S/c1-24(41)37-45(43,44)31-13-7-25(8-14-31)22-38-18-15-27(16-19-38)33-32(21-36-40(33)30-11-9-29(35)10-12-30)34(42)39-20-17-28(23-39)26-5-3-2-4-6-26/h2-14,21,27-28H,15-20,22-23H2,1H3,(H,37,41). The number of hydrogen-bond donors (Lipinski definition) is 1. The third-order valence-corrected chi connectivity index (χ3v) is 10.2. The number of aromatic nitrogens is 2. The summed E-state index contributed by atoms with van der Waals surface area (Å²) in [4.78, 5) is 29.5. The van der Waals surface area contributed by atoms with Gasteiger partial charge in [0, 0.05) is 38.4 Å². The Morgan fingerprint density at radius 1 is 0.889 bits per heavy atom. The molecule has 0 radical (unpaired) electrons. The Bertz CT molecular complexity index is 1770. The van der Waals surface area contributed by atoms with Crippen molar-refractivity contribution in [3.63, 3.8) is 0 Å². The lowest BCUT2D eigenvalue weighted by Gasteiger charge is -2.33. The van der Waals surface area contributed by atoms with E-state index in [1.54, 1.807) is 35.1 Å². The second-order valence-electron chi connectivity index (χ2n) is 11.8. The van der Waals surface area contributed by atoms with Crippen LogP contribution in [0.15, 0.2) is 90.0 Å². The summed E-state index contributed by atoms with van der Waals surface area (Å²) >= 11 is 0. The van der Waals surface area contributed by atoms with Gasteiger partial charge in [0.05, 0.1) is 28.0 Å². The Morgan fingerprint density at radius 3 is 2.22 bits per heavy atom. The van der Waals surface area contributed by atoms with Crippen molar-refractivity contribution >= 4 is 21.8 Å². The summed E-state index contributed by atoms with van der Waals surface area (Å²) < 4.78 is 42.1. The van der Waals surface area contributed by atoms with Gasteiger partial charge in [-0.2, -0.15) is 5.10 Å². The zero-order chi connectivity index (χ0) is 31.6. The SMILES string of the molecule is CC(=O)NS(=O)(=O)c1ccc(CN2CCC(c3c(C(=O)N4CCC(c5ccccc5)C4)cnn3-c3ccc(F)cc3)CC2)cc1. The highest BCUT2D eigenvalue weighted by atomic mass is 32.2. The van der Waals surface area contributed by atoms with Crippen molar-refractivity contribution in [3.05, 3.63) is 113 Å². The van der Waals surface area contributed by atoms with Crippen LogP contribution in [0.3, 0.4) is 0 Å². The Balaban J connectivity index is 1.18. The highest BCUT2D eigenvalue weighted by Gasteiger charge is 2.34. The van der Waals surface area contributed by atoms with Crippen LogP contribution in [0.2, 0.25) is 0 Å². The summed E-state index contributed by atoms with van der Waals surface area (Å²) in [5, 5.41) is 4.65. The van der Waals surface area contributed by atoms with Crippen LogP contribution in [0.1, 0.15) is 65.2 Å². The van der Waals surface area contributed by atoms with Crippen LogP contribution in [-0.4, -0.2) is 66.0 Å². The molecule has 0 bridgehead atoms. The van der Waals surface area contributed by atoms with E-state index < -0.39 is 15.9 Å². The number of carbonyl (C=O) groups excluding carboxylic acids is 2. The topological polar surface area (TPSA) is 105 Å². The van der Waals surface area contributed by atoms with Crippen molar-refractivity contribution in [2.75, 3.05) is 26.2 Å². The van der Waals surface area contributed by atoms with E-state index in [2.05, 4.69) is 22.1 Å². The molecule has 2 fully saturated rings. The number of piperidine rings is 1. The van der Waals surface area contributed by atoms with Gasteiger partial charge in [-0.25, -0.2) is 22.2 Å². The second kappa shape index (κ2) is 12.9. The first-order valence-corrected chi connectivity index (χ1v) is 16.7. The molecule has 2 saturated heterocycles. The van der Waals surface area contributed by atoms with Crippen molar-refractivity contribution in [1.29, 1.82) is 0 Å². The first kappa shape index (κ1) is 30.7. The van der Waals surface area contributed by atoms with Gasteiger partial charge in [0.2, 0.25) is 5.91 Å². The molecule has 2 aliphatic heterocycles. The largest absolute Gasteiger partial charge is 0.338 e. The zero-order valence-electron chi connectivity index (χ0n) is 25.1. The van der Waals surface area contributed by atoms with E-state index in [-0.39, 0.29) is 22.5 Å². The van der Waals surface area contributed by atoms with Crippen molar-refractivity contribution in [2.45, 2.75) is 49.5 Å². The molecule has 4 aromatic rings. The molecular weight excluding hydrogens is 593 g/mol. The summed E-state index contributed by atoms with van der Waals surface area (Å²) in [6, 6.07) is 23.0. The molecule has 11 heteroatoms. The minimum Gasteiger partial charge on any atom is -0.338 e. The first-order valence-electron chi connectivity index (χ1n) is 15.2. The lowest BCUT2D eigenvalue weighted by Crippen LogP contribution is -2.34. The third kappa shape index (κ3) is 6.84. The maximum atomic E-state index is 14.0. The van der Waals surface area contributed by atoms with E-state index in [0.717, 1.165) is 50.5 Å². The fraction of sp³-hybridized carbons (Fsp3) is 0.324. The number of rotatable bonds is 8. The number of carbonyl (C=O) groups is 2. The monoisotopic (exact) mass is 629 g/mol. The van der Waals surface area contributed by atoms with Gasteiger partial charge in [0.1, 0.15) is 5.82 Å². The van der Waals surface area contributed by atoms with Gasteiger partial charge in [-0.1, -0.05) is 42.5 Å². The molecule has 0 spiro atoms. The van der Waals surface area contributed by atoms with Crippen LogP contribution in [-0.2, 0) is 21.4 Å². The van der Waals surface area contributed by atoms with E-state index in [0.29, 0.717) is 36.8 Å². The molecule has 1 N–H and O–H groups in total. The number of amides is 2. The molecule has 6 rings (SSSR count). The van der Waals surface area contributed by atoms with Crippen molar-refractivity contribution < 1.29 is 22.4 Å². The van der Waals surface area contributed by atoms with E-state index in [1.807, 2.05) is 27.8 Å². The Morgan fingerprint density at radius 2 is 1.56 bits per heavy atom. The Labute approximate surface area is 262 Å². The summed E-state index contributed by atoms with van der Waals surface area (Å²) in [7, 11) is -3.88. The van der Waals surface area contributed by atoms with Gasteiger partial charge >= 0.3 is 0 Å². The maximum Gasteiger partial charge on any atom is 0.264 e. The van der Waals surface area contributed by atoms with Gasteiger partial charge in [-0.3, -0.25) is 14.5 Å². The number of benzene rings is 3. The third-order valence-electron chi connectivity index (χ3n) is 8.75. The number of hydrogen-bond acceptors (Lipinski definition) is 6. The van der Waals surface area contributed by atoms with Gasteiger partial charge < -0.3 is 4.90 Å². The second-order valence-corrected chi connectivity index (χ2v) is 13.5. The lowest BCUT2D eigenvalue weighted by molar-refractivity contribution is -0.117. The van der Waals surface area contributed by atoms with E-state index in [4.69, 9.17) is 0 Å². The maximum absolute atomic E-state index is 14.0. The minimum atomic E-state index is -3.88. The van der Waals surface area contributed by atoms with Gasteiger partial charge in [0.15, 0.2) is 0 Å². The molecule has 3 aromatic carbocycles. The van der Waals surface area contributed by atoms with Crippen molar-refractivity contribution in [1.82, 2.24) is 24.3 Å². The fourth-order valence-corrected chi connectivity index (χ4v) is 7.45. The molecule has 1 aromatic heterocycles. The molecule has 9 nitrogen and oxygen atoms in total. The molecule has 3 heterocycles. The van der Waals surface area contributed by atoms with Crippen LogP contribution in [0.25, 0.3) is 5.69 Å². The van der Waals surface area contributed by atoms with Crippen LogP contribution < -0.4 is 4.72 Å². The lowest BCUT2D eigenvalue weighted by atomic mass is 9.90. The van der Waals surface area contributed by atoms with Crippen LogP contribution in [0.5, 0.6) is 0 Å². The fourth-order valence-electron chi connectivity index (χ4n) is 6.46. The summed E-state index contributed by atoms with van der Waals surface area (Å²) in [6.45, 7) is 4.70. The van der Waals surface area contributed by atoms with Crippen molar-refractivity contribution in [2.24, 2.45) is 0 Å². The molecule has 0 aliphatic carbocycles. The molecule has 1 atom stereocenters. The number of nitrogens with one attached hydrogen (secondary N) is 1. The van der Waals surface area contributed by atoms with E-state index in [9.17, 15) is 22.4 Å². The van der Waals surface area contributed by atoms with Crippen LogP contribution in [0.4, 0.5) is 4.39 Å². The van der Waals surface area contributed by atoms with E-state index >= 15 is 0 Å². The minimum absolute atomic E-state index is 0.0199. The highest BCUT2D eigenvalue weighted by molar-refractivity contribution is 7.90. The van der Waals surface area contributed by atoms with E-state index in [1.165, 1.54) is 29.8 Å². The van der Waals surface area contributed by atoms with Crippen molar-refractivity contribution in [3.8, 4) is 5.69 Å². The van der Waals surface area contributed by atoms with Gasteiger partial charge in [-0.15, -0.1) is 0 Å². The highest BCUT2D eigenvalue weighted by Crippen LogP contribution is 2.35. The summed E-state index contributed by atoms with van der Waals surface area (Å²) in [6.07, 6.45) is 4.18. The molecule has 45 heavy (non-hydrogen) atoms. The number of nitrogens with zero attached hydrogens (tertiary/aromatic N) is 4. The quantitative estimate of drug-likeness (QED) is 0.299. The Hall–Kier alpha value is -4.35. The molecular formula is C34H36FN5O4S. The molecule has 0 saturated carbocycles. The van der Waals surface area contributed by atoms with Crippen LogP contribution >= 0.6 is 0 Å². The average molecular weight is 630 g/mol. The predicted octanol–water partition coefficient (Wildman–Crippen LogP) is 4.85. The number of sulfonamides is 1. The first-order chi connectivity index (χ1) is 21.7.